The van der Waals surface area contributed by atoms with Gasteiger partial charge in [-0.15, -0.1) is 0 Å². The zero-order valence-electron chi connectivity index (χ0n) is 9.41. The number of hydrogen-bond acceptors (Lipinski definition) is 3. The Morgan fingerprint density at radius 1 is 1.07 bits per heavy atom. The number of aliphatic hydroxyl groups excluding tert-OH is 1. The van der Waals surface area contributed by atoms with E-state index >= 15 is 0 Å². The maximum atomic E-state index is 10.2. The molecule has 0 heterocycles. The molecule has 0 saturated heterocycles. The molecule has 3 N–H and O–H groups in total. The highest BCUT2D eigenvalue weighted by Gasteiger charge is 2.32. The number of nitrogens with one attached hydrogen (secondary N) is 1. The van der Waals surface area contributed by atoms with E-state index in [0.717, 1.165) is 44.9 Å². The molecule has 0 aromatic carbocycles. The predicted octanol–water partition coefficient (Wildman–Crippen LogP) is 1.18. The topological polar surface area (TPSA) is 52.5 Å². The van der Waals surface area contributed by atoms with Gasteiger partial charge in [-0.05, 0) is 25.7 Å². The van der Waals surface area contributed by atoms with Gasteiger partial charge < -0.3 is 15.5 Å². The van der Waals surface area contributed by atoms with Crippen LogP contribution in [0.3, 0.4) is 0 Å². The molecular formula is C12H23NO2. The summed E-state index contributed by atoms with van der Waals surface area (Å²) in [6, 6.07) is 0.211. The number of aliphatic hydroxyl groups is 2. The van der Waals surface area contributed by atoms with E-state index in [1.807, 2.05) is 0 Å². The minimum Gasteiger partial charge on any atom is -0.392 e. The first-order valence-electron chi connectivity index (χ1n) is 6.33. The van der Waals surface area contributed by atoms with Crippen LogP contribution >= 0.6 is 0 Å². The van der Waals surface area contributed by atoms with Crippen LogP contribution in [0.15, 0.2) is 0 Å². The van der Waals surface area contributed by atoms with Crippen LogP contribution in [0.5, 0.6) is 0 Å². The van der Waals surface area contributed by atoms with Gasteiger partial charge in [0.2, 0.25) is 0 Å². The Labute approximate surface area is 91.9 Å². The van der Waals surface area contributed by atoms with E-state index in [2.05, 4.69) is 5.32 Å². The molecule has 2 atom stereocenters. The molecule has 0 aromatic heterocycles. The average Bonchev–Trinajstić information content (AvgIpc) is 2.65. The molecule has 2 rings (SSSR count). The maximum absolute atomic E-state index is 10.2. The lowest BCUT2D eigenvalue weighted by Crippen LogP contribution is -2.48. The first kappa shape index (κ1) is 11.4. The first-order valence-corrected chi connectivity index (χ1v) is 6.33. The third kappa shape index (κ3) is 2.92. The molecule has 0 bridgehead atoms. The predicted molar refractivity (Wildman–Crippen MR) is 59.7 cm³/mol. The van der Waals surface area contributed by atoms with Crippen LogP contribution in [0.2, 0.25) is 0 Å². The molecule has 2 aliphatic carbocycles. The fourth-order valence-electron chi connectivity index (χ4n) is 2.88. The molecule has 3 nitrogen and oxygen atoms in total. The molecule has 2 saturated carbocycles. The van der Waals surface area contributed by atoms with E-state index in [9.17, 15) is 10.2 Å². The molecule has 15 heavy (non-hydrogen) atoms. The normalized spacial score (nSPS) is 35.6. The quantitative estimate of drug-likeness (QED) is 0.660. The molecule has 0 spiro atoms. The lowest BCUT2D eigenvalue weighted by atomic mass is 9.91. The van der Waals surface area contributed by atoms with Gasteiger partial charge in [0.25, 0.3) is 0 Å². The molecule has 0 radical (unpaired) electrons. The SMILES string of the molecule is O[C@H]1CCCC[C@@H]1NCC1(O)CCCC1. The van der Waals surface area contributed by atoms with Crippen molar-refractivity contribution in [1.82, 2.24) is 5.32 Å². The zero-order valence-corrected chi connectivity index (χ0v) is 9.41. The smallest absolute Gasteiger partial charge is 0.0771 e. The van der Waals surface area contributed by atoms with Crippen LogP contribution in [0, 0.1) is 0 Å². The first-order chi connectivity index (χ1) is 7.20. The molecule has 2 aliphatic rings. The van der Waals surface area contributed by atoms with Crippen LogP contribution in [0.4, 0.5) is 0 Å². The Kier molecular flexibility index (Phi) is 3.65. The molecule has 2 fully saturated rings. The van der Waals surface area contributed by atoms with Crippen molar-refractivity contribution in [3.8, 4) is 0 Å². The van der Waals surface area contributed by atoms with Crippen molar-refractivity contribution >= 4 is 0 Å². The van der Waals surface area contributed by atoms with Gasteiger partial charge in [0, 0.05) is 12.6 Å². The van der Waals surface area contributed by atoms with Crippen molar-refractivity contribution in [3.63, 3.8) is 0 Å². The van der Waals surface area contributed by atoms with Crippen molar-refractivity contribution in [2.24, 2.45) is 0 Å². The Balaban J connectivity index is 1.76. The second-order valence-corrected chi connectivity index (χ2v) is 5.27. The largest absolute Gasteiger partial charge is 0.392 e. The number of hydrogen-bond donors (Lipinski definition) is 3. The van der Waals surface area contributed by atoms with Crippen molar-refractivity contribution in [3.05, 3.63) is 0 Å². The van der Waals surface area contributed by atoms with Gasteiger partial charge in [-0.1, -0.05) is 25.7 Å². The zero-order chi connectivity index (χ0) is 10.7. The summed E-state index contributed by atoms with van der Waals surface area (Å²) in [5.74, 6) is 0. The summed E-state index contributed by atoms with van der Waals surface area (Å²) in [6.07, 6.45) is 8.23. The molecule has 0 amide bonds. The van der Waals surface area contributed by atoms with Gasteiger partial charge in [-0.3, -0.25) is 0 Å². The second-order valence-electron chi connectivity index (χ2n) is 5.27. The Morgan fingerprint density at radius 3 is 2.40 bits per heavy atom. The van der Waals surface area contributed by atoms with E-state index in [0.29, 0.717) is 6.54 Å². The van der Waals surface area contributed by atoms with Gasteiger partial charge in [0.15, 0.2) is 0 Å². The molecule has 0 aromatic rings. The van der Waals surface area contributed by atoms with E-state index in [4.69, 9.17) is 0 Å². The van der Waals surface area contributed by atoms with E-state index < -0.39 is 5.60 Å². The average molecular weight is 213 g/mol. The second kappa shape index (κ2) is 4.81. The highest BCUT2D eigenvalue weighted by Crippen LogP contribution is 2.29. The lowest BCUT2D eigenvalue weighted by molar-refractivity contribution is 0.0287. The van der Waals surface area contributed by atoms with E-state index in [1.165, 1.54) is 6.42 Å². The van der Waals surface area contributed by atoms with E-state index in [-0.39, 0.29) is 12.1 Å². The molecule has 0 unspecified atom stereocenters. The molecule has 0 aliphatic heterocycles. The minimum absolute atomic E-state index is 0.205. The van der Waals surface area contributed by atoms with E-state index in [1.54, 1.807) is 0 Å². The third-order valence-electron chi connectivity index (χ3n) is 3.96. The summed E-state index contributed by atoms with van der Waals surface area (Å²) in [5.41, 5.74) is -0.489. The summed E-state index contributed by atoms with van der Waals surface area (Å²) in [6.45, 7) is 0.661. The Bertz CT molecular complexity index is 202. The van der Waals surface area contributed by atoms with Crippen molar-refractivity contribution in [1.29, 1.82) is 0 Å². The fourth-order valence-corrected chi connectivity index (χ4v) is 2.88. The highest BCUT2D eigenvalue weighted by molar-refractivity contribution is 4.89. The molecular weight excluding hydrogens is 190 g/mol. The standard InChI is InChI=1S/C12H23NO2/c14-11-6-2-1-5-10(11)13-9-12(15)7-3-4-8-12/h10-11,13-15H,1-9H2/t10-,11-/m0/s1. The molecule has 88 valence electrons. The highest BCUT2D eigenvalue weighted by atomic mass is 16.3. The van der Waals surface area contributed by atoms with Gasteiger partial charge >= 0.3 is 0 Å². The van der Waals surface area contributed by atoms with Gasteiger partial charge in [0.05, 0.1) is 11.7 Å². The summed E-state index contributed by atoms with van der Waals surface area (Å²) in [7, 11) is 0. The van der Waals surface area contributed by atoms with Crippen LogP contribution in [0.1, 0.15) is 51.4 Å². The van der Waals surface area contributed by atoms with Gasteiger partial charge in [0.1, 0.15) is 0 Å². The van der Waals surface area contributed by atoms with Crippen molar-refractivity contribution in [2.75, 3.05) is 6.54 Å². The van der Waals surface area contributed by atoms with Gasteiger partial charge in [-0.25, -0.2) is 0 Å². The summed E-state index contributed by atoms with van der Waals surface area (Å²) < 4.78 is 0. The fraction of sp³-hybridized carbons (Fsp3) is 1.00. The van der Waals surface area contributed by atoms with Crippen molar-refractivity contribution < 1.29 is 10.2 Å². The maximum Gasteiger partial charge on any atom is 0.0771 e. The molecule has 3 heteroatoms. The van der Waals surface area contributed by atoms with Crippen LogP contribution in [-0.4, -0.2) is 34.5 Å². The Morgan fingerprint density at radius 2 is 1.73 bits per heavy atom. The summed E-state index contributed by atoms with van der Waals surface area (Å²) in [4.78, 5) is 0. The van der Waals surface area contributed by atoms with Crippen LogP contribution in [-0.2, 0) is 0 Å². The minimum atomic E-state index is -0.489. The van der Waals surface area contributed by atoms with Crippen molar-refractivity contribution in [2.45, 2.75) is 69.1 Å². The third-order valence-corrected chi connectivity index (χ3v) is 3.96. The number of rotatable bonds is 3. The van der Waals surface area contributed by atoms with Gasteiger partial charge in [-0.2, -0.15) is 0 Å². The van der Waals surface area contributed by atoms with Crippen LogP contribution in [0.25, 0.3) is 0 Å². The Hall–Kier alpha value is -0.120. The summed E-state index contributed by atoms with van der Waals surface area (Å²) >= 11 is 0. The summed E-state index contributed by atoms with van der Waals surface area (Å²) in [5, 5.41) is 23.3. The lowest BCUT2D eigenvalue weighted by Gasteiger charge is -2.32. The van der Waals surface area contributed by atoms with Crippen LogP contribution < -0.4 is 5.32 Å². The monoisotopic (exact) mass is 213 g/mol.